The van der Waals surface area contributed by atoms with Crippen LogP contribution in [-0.4, -0.2) is 28.8 Å². The molecule has 0 spiro atoms. The van der Waals surface area contributed by atoms with Crippen LogP contribution in [0.2, 0.25) is 5.15 Å². The zero-order chi connectivity index (χ0) is 15.9. The Labute approximate surface area is 131 Å². The number of piperidine rings is 1. The first-order chi connectivity index (χ1) is 10.4. The summed E-state index contributed by atoms with van der Waals surface area (Å²) in [6.45, 7) is 1.94. The number of aryl methyl sites for hydroxylation is 1. The maximum atomic E-state index is 13.8. The van der Waals surface area contributed by atoms with Crippen LogP contribution in [0.1, 0.15) is 30.0 Å². The maximum absolute atomic E-state index is 13.8. The number of amides is 1. The van der Waals surface area contributed by atoms with Gasteiger partial charge in [-0.2, -0.15) is 0 Å². The van der Waals surface area contributed by atoms with E-state index >= 15 is 0 Å². The molecule has 0 N–H and O–H groups in total. The summed E-state index contributed by atoms with van der Waals surface area (Å²) < 4.78 is 27.7. The number of fused-ring (bicyclic) bond motifs is 1. The van der Waals surface area contributed by atoms with Crippen LogP contribution in [0.4, 0.5) is 8.78 Å². The lowest BCUT2D eigenvalue weighted by atomic mass is 9.90. The number of pyridine rings is 1. The van der Waals surface area contributed by atoms with Crippen molar-refractivity contribution in [1.29, 1.82) is 0 Å². The zero-order valence-corrected chi connectivity index (χ0v) is 12.8. The van der Waals surface area contributed by atoms with E-state index in [0.717, 1.165) is 16.3 Å². The molecule has 1 aliphatic rings. The Morgan fingerprint density at radius 3 is 2.95 bits per heavy atom. The minimum atomic E-state index is -2.78. The van der Waals surface area contributed by atoms with Crippen molar-refractivity contribution in [2.75, 3.05) is 6.54 Å². The smallest absolute Gasteiger partial charge is 0.252 e. The van der Waals surface area contributed by atoms with Gasteiger partial charge in [-0.15, -0.1) is 0 Å². The van der Waals surface area contributed by atoms with Gasteiger partial charge in [-0.25, -0.2) is 13.8 Å². The number of hydrogen-bond acceptors (Lipinski definition) is 2. The third kappa shape index (κ3) is 2.54. The summed E-state index contributed by atoms with van der Waals surface area (Å²) in [5.41, 5.74) is 1.56. The molecule has 3 rings (SSSR count). The molecule has 0 bridgehead atoms. The van der Waals surface area contributed by atoms with Crippen molar-refractivity contribution in [1.82, 2.24) is 9.88 Å². The second kappa shape index (κ2) is 5.47. The third-order valence-corrected chi connectivity index (χ3v) is 4.52. The van der Waals surface area contributed by atoms with Crippen LogP contribution in [0.25, 0.3) is 10.8 Å². The summed E-state index contributed by atoms with van der Waals surface area (Å²) in [5, 5.41) is 1.86. The fourth-order valence-electron chi connectivity index (χ4n) is 3.10. The fourth-order valence-corrected chi connectivity index (χ4v) is 3.31. The van der Waals surface area contributed by atoms with E-state index in [4.69, 9.17) is 11.6 Å². The third-order valence-electron chi connectivity index (χ3n) is 4.22. The van der Waals surface area contributed by atoms with Crippen LogP contribution < -0.4 is 0 Å². The molecular weight excluding hydrogens is 310 g/mol. The molecule has 6 heteroatoms. The highest BCUT2D eigenvalue weighted by atomic mass is 35.5. The zero-order valence-electron chi connectivity index (χ0n) is 12.0. The number of benzene rings is 1. The summed E-state index contributed by atoms with van der Waals surface area (Å²) in [6.07, 6.45) is 1.46. The molecule has 1 fully saturated rings. The molecule has 1 aliphatic heterocycles. The molecule has 1 aromatic carbocycles. The lowest BCUT2D eigenvalue weighted by Gasteiger charge is -2.37. The predicted molar refractivity (Wildman–Crippen MR) is 81.2 cm³/mol. The van der Waals surface area contributed by atoms with E-state index in [1.54, 1.807) is 0 Å². The van der Waals surface area contributed by atoms with E-state index in [1.165, 1.54) is 11.1 Å². The van der Waals surface area contributed by atoms with Gasteiger partial charge >= 0.3 is 0 Å². The molecule has 1 amide bonds. The number of aromatic nitrogens is 1. The van der Waals surface area contributed by atoms with Gasteiger partial charge in [0.05, 0.1) is 6.04 Å². The van der Waals surface area contributed by atoms with Crippen LogP contribution >= 0.6 is 11.6 Å². The molecule has 3 nitrogen and oxygen atoms in total. The standard InChI is InChI=1S/C16H15ClF2N2O/c1-10-3-2-4-11-14(10)12(8-20-15(11)17)13-7-16(18,19)5-6-21(13)9-22/h2-4,8-9,13H,5-7H2,1H3. The monoisotopic (exact) mass is 324 g/mol. The Morgan fingerprint density at radius 2 is 2.23 bits per heavy atom. The van der Waals surface area contributed by atoms with Gasteiger partial charge in [-0.05, 0) is 17.9 Å². The Bertz CT molecular complexity index is 735. The van der Waals surface area contributed by atoms with Crippen LogP contribution in [0.5, 0.6) is 0 Å². The highest BCUT2D eigenvalue weighted by Crippen LogP contribution is 2.42. The lowest BCUT2D eigenvalue weighted by molar-refractivity contribution is -0.130. The summed E-state index contributed by atoms with van der Waals surface area (Å²) in [6, 6.07) is 4.87. The molecule has 0 saturated carbocycles. The predicted octanol–water partition coefficient (Wildman–Crippen LogP) is 4.13. The van der Waals surface area contributed by atoms with Gasteiger partial charge in [0.15, 0.2) is 0 Å². The van der Waals surface area contributed by atoms with Crippen molar-refractivity contribution < 1.29 is 13.6 Å². The van der Waals surface area contributed by atoms with E-state index in [0.29, 0.717) is 17.1 Å². The normalized spacial score (nSPS) is 21.1. The summed E-state index contributed by atoms with van der Waals surface area (Å²) in [5.74, 6) is -2.78. The summed E-state index contributed by atoms with van der Waals surface area (Å²) in [4.78, 5) is 16.8. The SMILES string of the molecule is Cc1cccc2c(Cl)ncc(C3CC(F)(F)CCN3C=O)c12. The minimum Gasteiger partial charge on any atom is -0.338 e. The van der Waals surface area contributed by atoms with Crippen molar-refractivity contribution >= 4 is 28.8 Å². The fraction of sp³-hybridized carbons (Fsp3) is 0.375. The number of carbonyl (C=O) groups is 1. The molecule has 2 aromatic rings. The second-order valence-electron chi connectivity index (χ2n) is 5.67. The van der Waals surface area contributed by atoms with Gasteiger partial charge < -0.3 is 4.90 Å². The van der Waals surface area contributed by atoms with E-state index in [1.807, 2.05) is 25.1 Å². The van der Waals surface area contributed by atoms with Crippen molar-refractivity contribution in [2.45, 2.75) is 31.7 Å². The van der Waals surface area contributed by atoms with Gasteiger partial charge in [0, 0.05) is 36.5 Å². The Kier molecular flexibility index (Phi) is 3.77. The number of likely N-dealkylation sites (tertiary alicyclic amines) is 1. The molecule has 0 radical (unpaired) electrons. The van der Waals surface area contributed by atoms with Crippen molar-refractivity contribution in [2.24, 2.45) is 0 Å². The minimum absolute atomic E-state index is 0.0389. The topological polar surface area (TPSA) is 33.2 Å². The molecule has 116 valence electrons. The van der Waals surface area contributed by atoms with Gasteiger partial charge in [-0.1, -0.05) is 29.8 Å². The highest BCUT2D eigenvalue weighted by Gasteiger charge is 2.41. The Balaban J connectivity index is 2.20. The lowest BCUT2D eigenvalue weighted by Crippen LogP contribution is -2.41. The molecule has 1 atom stereocenters. The number of carbonyl (C=O) groups excluding carboxylic acids is 1. The highest BCUT2D eigenvalue weighted by molar-refractivity contribution is 6.34. The van der Waals surface area contributed by atoms with Crippen LogP contribution in [0, 0.1) is 6.92 Å². The van der Waals surface area contributed by atoms with Gasteiger partial charge in [-0.3, -0.25) is 4.79 Å². The molecule has 22 heavy (non-hydrogen) atoms. The van der Waals surface area contributed by atoms with Gasteiger partial charge in [0.25, 0.3) is 5.92 Å². The average Bonchev–Trinajstić information content (AvgIpc) is 2.48. The van der Waals surface area contributed by atoms with E-state index in [-0.39, 0.29) is 13.0 Å². The van der Waals surface area contributed by atoms with Gasteiger partial charge in [0.2, 0.25) is 6.41 Å². The molecule has 1 saturated heterocycles. The van der Waals surface area contributed by atoms with Crippen molar-refractivity contribution in [3.05, 3.63) is 40.7 Å². The van der Waals surface area contributed by atoms with E-state index in [9.17, 15) is 13.6 Å². The first-order valence-corrected chi connectivity index (χ1v) is 7.43. The molecule has 1 aromatic heterocycles. The molecular formula is C16H15ClF2N2O. The van der Waals surface area contributed by atoms with E-state index in [2.05, 4.69) is 4.98 Å². The second-order valence-corrected chi connectivity index (χ2v) is 6.03. The van der Waals surface area contributed by atoms with Gasteiger partial charge in [0.1, 0.15) is 5.15 Å². The summed E-state index contributed by atoms with van der Waals surface area (Å²) >= 11 is 6.12. The number of halogens is 3. The average molecular weight is 325 g/mol. The Hall–Kier alpha value is -1.75. The molecule has 0 aliphatic carbocycles. The maximum Gasteiger partial charge on any atom is 0.252 e. The number of nitrogens with zero attached hydrogens (tertiary/aromatic N) is 2. The molecule has 1 unspecified atom stereocenters. The largest absolute Gasteiger partial charge is 0.338 e. The quantitative estimate of drug-likeness (QED) is 0.615. The van der Waals surface area contributed by atoms with Crippen LogP contribution in [-0.2, 0) is 4.79 Å². The van der Waals surface area contributed by atoms with Crippen LogP contribution in [0.3, 0.4) is 0 Å². The molecule has 2 heterocycles. The number of hydrogen-bond donors (Lipinski definition) is 0. The van der Waals surface area contributed by atoms with E-state index < -0.39 is 18.4 Å². The van der Waals surface area contributed by atoms with Crippen molar-refractivity contribution in [3.8, 4) is 0 Å². The number of rotatable bonds is 2. The number of alkyl halides is 2. The first kappa shape index (κ1) is 15.2. The van der Waals surface area contributed by atoms with Crippen LogP contribution in [0.15, 0.2) is 24.4 Å². The van der Waals surface area contributed by atoms with Crippen molar-refractivity contribution in [3.63, 3.8) is 0 Å². The Morgan fingerprint density at radius 1 is 1.45 bits per heavy atom. The summed E-state index contributed by atoms with van der Waals surface area (Å²) in [7, 11) is 0. The first-order valence-electron chi connectivity index (χ1n) is 7.05.